The predicted molar refractivity (Wildman–Crippen MR) is 139 cm³/mol. The zero-order valence-corrected chi connectivity index (χ0v) is 21.7. The maximum Gasteiger partial charge on any atom is 0.407 e. The molecule has 2 N–H and O–H groups in total. The van der Waals surface area contributed by atoms with Gasteiger partial charge in [0.05, 0.1) is 25.8 Å². The van der Waals surface area contributed by atoms with Gasteiger partial charge in [-0.1, -0.05) is 42.5 Å². The Hall–Kier alpha value is -3.59. The second-order valence-electron chi connectivity index (χ2n) is 9.94. The van der Waals surface area contributed by atoms with Crippen LogP contribution in [-0.4, -0.2) is 66.2 Å². The van der Waals surface area contributed by atoms with Gasteiger partial charge in [-0.25, -0.2) is 9.59 Å². The molecule has 2 aromatic rings. The first-order chi connectivity index (χ1) is 17.8. The summed E-state index contributed by atoms with van der Waals surface area (Å²) in [4.78, 5) is 41.9. The molecule has 2 fully saturated rings. The monoisotopic (exact) mass is 508 g/mol. The zero-order chi connectivity index (χ0) is 26.4. The van der Waals surface area contributed by atoms with Crippen LogP contribution < -0.4 is 15.4 Å². The van der Waals surface area contributed by atoms with Crippen molar-refractivity contribution in [2.45, 2.75) is 57.3 Å². The van der Waals surface area contributed by atoms with E-state index in [1.807, 2.05) is 68.4 Å². The van der Waals surface area contributed by atoms with Crippen LogP contribution in [0.3, 0.4) is 0 Å². The number of nitrogens with one attached hydrogen (secondary N) is 2. The maximum absolute atomic E-state index is 13.3. The van der Waals surface area contributed by atoms with Crippen LogP contribution >= 0.6 is 0 Å². The quantitative estimate of drug-likeness (QED) is 0.499. The molecule has 37 heavy (non-hydrogen) atoms. The van der Waals surface area contributed by atoms with Crippen LogP contribution in [-0.2, 0) is 16.1 Å². The van der Waals surface area contributed by atoms with Crippen molar-refractivity contribution >= 4 is 18.0 Å². The van der Waals surface area contributed by atoms with E-state index in [1.165, 1.54) is 4.90 Å². The lowest BCUT2D eigenvalue weighted by Gasteiger charge is -2.37. The van der Waals surface area contributed by atoms with Gasteiger partial charge in [-0.3, -0.25) is 9.69 Å². The first-order valence-corrected chi connectivity index (χ1v) is 12.8. The third kappa shape index (κ3) is 6.40. The Kier molecular flexibility index (Phi) is 8.33. The smallest absolute Gasteiger partial charge is 0.407 e. The van der Waals surface area contributed by atoms with Crippen LogP contribution in [0.5, 0.6) is 5.75 Å². The Morgan fingerprint density at radius 3 is 2.35 bits per heavy atom. The summed E-state index contributed by atoms with van der Waals surface area (Å²) in [5.74, 6) is 0.569. The number of likely N-dealkylation sites (tertiary alicyclic amines) is 1. The molecular formula is C28H36N4O5. The van der Waals surface area contributed by atoms with Crippen molar-refractivity contribution in [2.75, 3.05) is 26.7 Å². The minimum atomic E-state index is -0.849. The topological polar surface area (TPSA) is 100 Å². The molecule has 4 amide bonds. The van der Waals surface area contributed by atoms with Gasteiger partial charge in [0.2, 0.25) is 0 Å². The van der Waals surface area contributed by atoms with Gasteiger partial charge in [-0.15, -0.1) is 0 Å². The highest BCUT2D eigenvalue weighted by atomic mass is 16.6. The molecule has 9 nitrogen and oxygen atoms in total. The molecule has 0 radical (unpaired) electrons. The Morgan fingerprint density at radius 2 is 1.73 bits per heavy atom. The van der Waals surface area contributed by atoms with Gasteiger partial charge in [-0.2, -0.15) is 0 Å². The fourth-order valence-corrected chi connectivity index (χ4v) is 4.94. The van der Waals surface area contributed by atoms with Crippen molar-refractivity contribution in [3.05, 3.63) is 65.7 Å². The van der Waals surface area contributed by atoms with Crippen molar-refractivity contribution in [3.63, 3.8) is 0 Å². The van der Waals surface area contributed by atoms with Gasteiger partial charge in [0.1, 0.15) is 11.3 Å². The van der Waals surface area contributed by atoms with Crippen LogP contribution in [0.4, 0.5) is 9.59 Å². The summed E-state index contributed by atoms with van der Waals surface area (Å²) in [7, 11) is 1.60. The van der Waals surface area contributed by atoms with E-state index >= 15 is 0 Å². The summed E-state index contributed by atoms with van der Waals surface area (Å²) in [6, 6.07) is 16.7. The lowest BCUT2D eigenvalue weighted by Crippen LogP contribution is -2.55. The van der Waals surface area contributed by atoms with Crippen LogP contribution in [0.25, 0.3) is 0 Å². The number of urea groups is 1. The fourth-order valence-electron chi connectivity index (χ4n) is 4.94. The molecule has 2 saturated heterocycles. The molecule has 0 saturated carbocycles. The van der Waals surface area contributed by atoms with E-state index in [0.29, 0.717) is 32.4 Å². The Balaban J connectivity index is 1.33. The number of carbonyl (C=O) groups is 3. The first kappa shape index (κ1) is 26.5. The largest absolute Gasteiger partial charge is 0.497 e. The van der Waals surface area contributed by atoms with Crippen LogP contribution in [0.15, 0.2) is 54.6 Å². The molecule has 9 heteroatoms. The molecule has 0 aromatic heterocycles. The summed E-state index contributed by atoms with van der Waals surface area (Å²) in [6.07, 6.45) is 1.18. The van der Waals surface area contributed by atoms with Gasteiger partial charge in [0.15, 0.2) is 0 Å². The Bertz CT molecular complexity index is 1080. The number of carbonyl (C=O) groups excluding carboxylic acids is 3. The van der Waals surface area contributed by atoms with E-state index in [2.05, 4.69) is 15.5 Å². The number of ether oxygens (including phenoxy) is 2. The number of hydrogen-bond acceptors (Lipinski definition) is 6. The average molecular weight is 509 g/mol. The summed E-state index contributed by atoms with van der Waals surface area (Å²) in [5, 5.41) is 5.97. The number of piperidine rings is 1. The minimum absolute atomic E-state index is 0.159. The molecule has 2 aromatic carbocycles. The molecule has 198 valence electrons. The second-order valence-corrected chi connectivity index (χ2v) is 9.94. The van der Waals surface area contributed by atoms with Gasteiger partial charge in [0, 0.05) is 19.6 Å². The Labute approximate surface area is 218 Å². The molecule has 0 aliphatic carbocycles. The van der Waals surface area contributed by atoms with Gasteiger partial charge in [-0.05, 0) is 56.4 Å². The summed E-state index contributed by atoms with van der Waals surface area (Å²) >= 11 is 0. The Morgan fingerprint density at radius 1 is 1.05 bits per heavy atom. The van der Waals surface area contributed by atoms with Crippen molar-refractivity contribution in [2.24, 2.45) is 0 Å². The van der Waals surface area contributed by atoms with E-state index in [1.54, 1.807) is 7.11 Å². The number of imide groups is 1. The number of rotatable bonds is 9. The zero-order valence-electron chi connectivity index (χ0n) is 21.7. The van der Waals surface area contributed by atoms with Gasteiger partial charge in [0.25, 0.3) is 5.91 Å². The number of hydrogen-bond donors (Lipinski definition) is 2. The van der Waals surface area contributed by atoms with Crippen LogP contribution in [0.1, 0.15) is 50.3 Å². The van der Waals surface area contributed by atoms with Crippen molar-refractivity contribution in [3.8, 4) is 5.75 Å². The molecule has 2 aliphatic rings. The second kappa shape index (κ2) is 11.6. The lowest BCUT2D eigenvalue weighted by atomic mass is 9.87. The molecule has 4 rings (SSSR count). The van der Waals surface area contributed by atoms with E-state index in [-0.39, 0.29) is 30.6 Å². The number of benzene rings is 2. The molecule has 1 atom stereocenters. The first-order valence-electron chi connectivity index (χ1n) is 12.8. The van der Waals surface area contributed by atoms with Gasteiger partial charge < -0.3 is 25.0 Å². The van der Waals surface area contributed by atoms with Crippen LogP contribution in [0.2, 0.25) is 0 Å². The summed E-state index contributed by atoms with van der Waals surface area (Å²) in [5.41, 5.74) is 1.04. The molecule has 2 heterocycles. The number of nitrogens with zero attached hydrogens (tertiary/aromatic N) is 2. The van der Waals surface area contributed by atoms with Crippen molar-refractivity contribution < 1.29 is 23.9 Å². The molecular weight excluding hydrogens is 472 g/mol. The van der Waals surface area contributed by atoms with E-state index in [9.17, 15) is 14.4 Å². The molecule has 0 bridgehead atoms. The molecule has 2 aliphatic heterocycles. The lowest BCUT2D eigenvalue weighted by molar-refractivity contribution is -0.133. The molecule has 1 spiro atoms. The summed E-state index contributed by atoms with van der Waals surface area (Å²) in [6.45, 7) is 5.98. The van der Waals surface area contributed by atoms with Crippen molar-refractivity contribution in [1.29, 1.82) is 0 Å². The third-order valence-electron chi connectivity index (χ3n) is 7.03. The number of amides is 4. The van der Waals surface area contributed by atoms with E-state index < -0.39 is 11.6 Å². The molecule has 1 unspecified atom stereocenters. The highest BCUT2D eigenvalue weighted by Crippen LogP contribution is 2.31. The fraction of sp³-hybridized carbons (Fsp3) is 0.464. The maximum atomic E-state index is 13.3. The number of methoxy groups -OCH3 is 1. The SMILES string of the molecule is COc1ccc(CN2C(=O)NC3(CCN(CCC(NC(=O)OC(C)C)c4ccccc4)CC3)C2=O)cc1. The van der Waals surface area contributed by atoms with Crippen molar-refractivity contribution in [1.82, 2.24) is 20.4 Å². The summed E-state index contributed by atoms with van der Waals surface area (Å²) < 4.78 is 10.5. The standard InChI is InChI=1S/C28H36N4O5/c1-20(2)37-27(35)29-24(22-7-5-4-6-8-22)13-16-31-17-14-28(15-18-31)25(33)32(26(34)30-28)19-21-9-11-23(36-3)12-10-21/h4-12,20,24H,13-19H2,1-3H3,(H,29,35)(H,30,34). The average Bonchev–Trinajstić information content (AvgIpc) is 3.12. The number of alkyl carbamates (subject to hydrolysis) is 1. The highest BCUT2D eigenvalue weighted by molar-refractivity contribution is 6.07. The third-order valence-corrected chi connectivity index (χ3v) is 7.03. The predicted octanol–water partition coefficient (Wildman–Crippen LogP) is 3.85. The van der Waals surface area contributed by atoms with E-state index in [0.717, 1.165) is 23.4 Å². The van der Waals surface area contributed by atoms with Gasteiger partial charge >= 0.3 is 12.1 Å². The minimum Gasteiger partial charge on any atom is -0.497 e. The van der Waals surface area contributed by atoms with Crippen LogP contribution in [0, 0.1) is 0 Å². The van der Waals surface area contributed by atoms with E-state index in [4.69, 9.17) is 9.47 Å². The highest BCUT2D eigenvalue weighted by Gasteiger charge is 2.52. The normalized spacial score (nSPS) is 18.1.